The number of pyridine rings is 1. The number of benzene rings is 2. The first-order valence-corrected chi connectivity index (χ1v) is 6.52. The van der Waals surface area contributed by atoms with Gasteiger partial charge in [-0.2, -0.15) is 0 Å². The van der Waals surface area contributed by atoms with E-state index >= 15 is 0 Å². The standard InChI is InChI=1S/C17H15FN2/c1-11-7-8-12(10-15(11)18)17(19)14-4-2-6-16-13(14)5-3-9-20-16/h2-10,17H,19H2,1H3. The van der Waals surface area contributed by atoms with Gasteiger partial charge in [-0.25, -0.2) is 4.39 Å². The summed E-state index contributed by atoms with van der Waals surface area (Å²) in [6.45, 7) is 1.74. The van der Waals surface area contributed by atoms with Gasteiger partial charge in [-0.3, -0.25) is 4.98 Å². The highest BCUT2D eigenvalue weighted by atomic mass is 19.1. The van der Waals surface area contributed by atoms with E-state index in [1.807, 2.05) is 36.4 Å². The number of nitrogens with two attached hydrogens (primary N) is 1. The van der Waals surface area contributed by atoms with Crippen molar-refractivity contribution in [3.63, 3.8) is 0 Å². The molecule has 0 aliphatic carbocycles. The number of hydrogen-bond donors (Lipinski definition) is 1. The number of rotatable bonds is 2. The predicted octanol–water partition coefficient (Wildman–Crippen LogP) is 3.73. The molecule has 100 valence electrons. The molecular weight excluding hydrogens is 251 g/mol. The molecule has 1 atom stereocenters. The summed E-state index contributed by atoms with van der Waals surface area (Å²) in [5, 5.41) is 1.00. The Balaban J connectivity index is 2.12. The van der Waals surface area contributed by atoms with Crippen molar-refractivity contribution in [3.05, 3.63) is 77.2 Å². The Hall–Kier alpha value is -2.26. The lowest BCUT2D eigenvalue weighted by Gasteiger charge is -2.15. The Bertz CT molecular complexity index is 763. The fourth-order valence-corrected chi connectivity index (χ4v) is 2.38. The third-order valence-corrected chi connectivity index (χ3v) is 3.57. The van der Waals surface area contributed by atoms with Crippen LogP contribution in [0.5, 0.6) is 0 Å². The first-order chi connectivity index (χ1) is 9.66. The Kier molecular flexibility index (Phi) is 3.20. The first kappa shape index (κ1) is 12.8. The zero-order valence-corrected chi connectivity index (χ0v) is 11.2. The third kappa shape index (κ3) is 2.17. The molecule has 1 heterocycles. The molecule has 0 fully saturated rings. The van der Waals surface area contributed by atoms with Gasteiger partial charge in [0.2, 0.25) is 0 Å². The molecule has 0 spiro atoms. The van der Waals surface area contributed by atoms with Gasteiger partial charge in [-0.15, -0.1) is 0 Å². The van der Waals surface area contributed by atoms with Crippen LogP contribution in [0.15, 0.2) is 54.7 Å². The van der Waals surface area contributed by atoms with Crippen LogP contribution < -0.4 is 5.73 Å². The minimum absolute atomic E-state index is 0.226. The predicted molar refractivity (Wildman–Crippen MR) is 78.9 cm³/mol. The first-order valence-electron chi connectivity index (χ1n) is 6.52. The molecule has 3 heteroatoms. The molecule has 0 aliphatic heterocycles. The van der Waals surface area contributed by atoms with Crippen LogP contribution in [0.4, 0.5) is 4.39 Å². The van der Waals surface area contributed by atoms with Gasteiger partial charge in [0.25, 0.3) is 0 Å². The molecule has 2 aromatic carbocycles. The second-order valence-corrected chi connectivity index (χ2v) is 4.90. The van der Waals surface area contributed by atoms with Crippen molar-refractivity contribution in [1.29, 1.82) is 0 Å². The van der Waals surface area contributed by atoms with Crippen LogP contribution in [0, 0.1) is 12.7 Å². The largest absolute Gasteiger partial charge is 0.320 e. The zero-order valence-electron chi connectivity index (χ0n) is 11.2. The summed E-state index contributed by atoms with van der Waals surface area (Å²) < 4.78 is 13.7. The number of aryl methyl sites for hydroxylation is 1. The van der Waals surface area contributed by atoms with Crippen LogP contribution in [-0.4, -0.2) is 4.98 Å². The number of aromatic nitrogens is 1. The Morgan fingerprint density at radius 1 is 1.10 bits per heavy atom. The Labute approximate surface area is 117 Å². The van der Waals surface area contributed by atoms with Crippen LogP contribution in [0.25, 0.3) is 10.9 Å². The molecule has 2 nitrogen and oxygen atoms in total. The van der Waals surface area contributed by atoms with E-state index in [4.69, 9.17) is 5.73 Å². The molecule has 0 amide bonds. The normalized spacial score (nSPS) is 12.6. The van der Waals surface area contributed by atoms with Crippen molar-refractivity contribution in [2.24, 2.45) is 5.73 Å². The second-order valence-electron chi connectivity index (χ2n) is 4.90. The molecule has 3 rings (SSSR count). The van der Waals surface area contributed by atoms with Crippen molar-refractivity contribution in [1.82, 2.24) is 4.98 Å². The average Bonchev–Trinajstić information content (AvgIpc) is 2.49. The van der Waals surface area contributed by atoms with Crippen molar-refractivity contribution in [2.45, 2.75) is 13.0 Å². The van der Waals surface area contributed by atoms with Gasteiger partial charge in [-0.05, 0) is 41.8 Å². The monoisotopic (exact) mass is 266 g/mol. The Morgan fingerprint density at radius 3 is 2.75 bits per heavy atom. The smallest absolute Gasteiger partial charge is 0.126 e. The van der Waals surface area contributed by atoms with Gasteiger partial charge >= 0.3 is 0 Å². The number of nitrogens with zero attached hydrogens (tertiary/aromatic N) is 1. The van der Waals surface area contributed by atoms with E-state index < -0.39 is 0 Å². The van der Waals surface area contributed by atoms with Gasteiger partial charge in [-0.1, -0.05) is 30.3 Å². The minimum Gasteiger partial charge on any atom is -0.320 e. The molecule has 0 saturated heterocycles. The van der Waals surface area contributed by atoms with E-state index in [9.17, 15) is 4.39 Å². The molecule has 0 aliphatic rings. The maximum atomic E-state index is 13.7. The van der Waals surface area contributed by atoms with Gasteiger partial charge in [0.1, 0.15) is 5.82 Å². The highest BCUT2D eigenvalue weighted by molar-refractivity contribution is 5.82. The maximum Gasteiger partial charge on any atom is 0.126 e. The third-order valence-electron chi connectivity index (χ3n) is 3.57. The lowest BCUT2D eigenvalue weighted by molar-refractivity contribution is 0.614. The van der Waals surface area contributed by atoms with E-state index in [1.54, 1.807) is 19.2 Å². The summed E-state index contributed by atoms with van der Waals surface area (Å²) in [5.41, 5.74) is 9.55. The Morgan fingerprint density at radius 2 is 1.95 bits per heavy atom. The van der Waals surface area contributed by atoms with Gasteiger partial charge in [0, 0.05) is 11.6 Å². The van der Waals surface area contributed by atoms with Crippen LogP contribution in [0.2, 0.25) is 0 Å². The van der Waals surface area contributed by atoms with Crippen LogP contribution in [-0.2, 0) is 0 Å². The molecule has 0 radical (unpaired) electrons. The van der Waals surface area contributed by atoms with Crippen molar-refractivity contribution >= 4 is 10.9 Å². The summed E-state index contributed by atoms with van der Waals surface area (Å²) in [7, 11) is 0. The van der Waals surface area contributed by atoms with Crippen molar-refractivity contribution in [3.8, 4) is 0 Å². The van der Waals surface area contributed by atoms with E-state index in [2.05, 4.69) is 4.98 Å². The minimum atomic E-state index is -0.363. The van der Waals surface area contributed by atoms with Gasteiger partial charge in [0.05, 0.1) is 11.6 Å². The molecule has 0 saturated carbocycles. The molecular formula is C17H15FN2. The lowest BCUT2D eigenvalue weighted by atomic mass is 9.95. The van der Waals surface area contributed by atoms with E-state index in [0.717, 1.165) is 22.0 Å². The summed E-state index contributed by atoms with van der Waals surface area (Å²) >= 11 is 0. The summed E-state index contributed by atoms with van der Waals surface area (Å²) in [4.78, 5) is 4.32. The summed E-state index contributed by atoms with van der Waals surface area (Å²) in [6, 6.07) is 14.5. The molecule has 0 bridgehead atoms. The van der Waals surface area contributed by atoms with Crippen LogP contribution in [0.3, 0.4) is 0 Å². The van der Waals surface area contributed by atoms with Crippen LogP contribution >= 0.6 is 0 Å². The second kappa shape index (κ2) is 5.02. The highest BCUT2D eigenvalue weighted by Crippen LogP contribution is 2.27. The molecule has 2 N–H and O–H groups in total. The van der Waals surface area contributed by atoms with Crippen molar-refractivity contribution in [2.75, 3.05) is 0 Å². The van der Waals surface area contributed by atoms with Gasteiger partial charge < -0.3 is 5.73 Å². The van der Waals surface area contributed by atoms with Gasteiger partial charge in [0.15, 0.2) is 0 Å². The van der Waals surface area contributed by atoms with E-state index in [1.165, 1.54) is 6.07 Å². The van der Waals surface area contributed by atoms with E-state index in [-0.39, 0.29) is 11.9 Å². The number of hydrogen-bond acceptors (Lipinski definition) is 2. The zero-order chi connectivity index (χ0) is 14.1. The molecule has 1 aromatic heterocycles. The molecule has 20 heavy (non-hydrogen) atoms. The summed E-state index contributed by atoms with van der Waals surface area (Å²) in [6.07, 6.45) is 1.75. The fraction of sp³-hybridized carbons (Fsp3) is 0.118. The number of fused-ring (bicyclic) bond motifs is 1. The fourth-order valence-electron chi connectivity index (χ4n) is 2.38. The maximum absolute atomic E-state index is 13.7. The number of halogens is 1. The molecule has 1 unspecified atom stereocenters. The van der Waals surface area contributed by atoms with E-state index in [0.29, 0.717) is 5.56 Å². The summed E-state index contributed by atoms with van der Waals surface area (Å²) in [5.74, 6) is -0.226. The SMILES string of the molecule is Cc1ccc(C(N)c2cccc3ncccc23)cc1F. The van der Waals surface area contributed by atoms with Crippen molar-refractivity contribution < 1.29 is 4.39 Å². The molecule has 3 aromatic rings. The van der Waals surface area contributed by atoms with Crippen LogP contribution in [0.1, 0.15) is 22.7 Å². The topological polar surface area (TPSA) is 38.9 Å². The highest BCUT2D eigenvalue weighted by Gasteiger charge is 2.13. The lowest BCUT2D eigenvalue weighted by Crippen LogP contribution is -2.12. The quantitative estimate of drug-likeness (QED) is 0.767. The average molecular weight is 266 g/mol.